The van der Waals surface area contributed by atoms with E-state index < -0.39 is 97.5 Å². The molecule has 0 saturated heterocycles. The predicted molar refractivity (Wildman–Crippen MR) is 381 cm³/mol. The van der Waals surface area contributed by atoms with Crippen molar-refractivity contribution in [2.45, 2.75) is 401 Å². The maximum absolute atomic E-state index is 13.1. The molecule has 17 nitrogen and oxygen atoms in total. The molecule has 0 aliphatic carbocycles. The van der Waals surface area contributed by atoms with Crippen LogP contribution in [0.5, 0.6) is 0 Å². The van der Waals surface area contributed by atoms with E-state index in [0.717, 1.165) is 108 Å². The topological polar surface area (TPSA) is 237 Å². The highest BCUT2D eigenvalue weighted by Crippen LogP contribution is 2.45. The summed E-state index contributed by atoms with van der Waals surface area (Å²) in [6, 6.07) is 0. The fraction of sp³-hybridized carbons (Fsp3) is 0.947. The van der Waals surface area contributed by atoms with Gasteiger partial charge < -0.3 is 33.8 Å². The Bertz CT molecular complexity index is 1840. The van der Waals surface area contributed by atoms with Crippen molar-refractivity contribution in [2.24, 2.45) is 17.8 Å². The van der Waals surface area contributed by atoms with Crippen molar-refractivity contribution in [3.63, 3.8) is 0 Å². The van der Waals surface area contributed by atoms with Crippen LogP contribution in [0.3, 0.4) is 0 Å². The Labute approximate surface area is 575 Å². The van der Waals surface area contributed by atoms with E-state index in [1.54, 1.807) is 0 Å². The molecule has 5 atom stereocenters. The summed E-state index contributed by atoms with van der Waals surface area (Å²) in [6.07, 6.45) is 51.4. The van der Waals surface area contributed by atoms with E-state index in [-0.39, 0.29) is 25.7 Å². The quantitative estimate of drug-likeness (QED) is 0.0222. The van der Waals surface area contributed by atoms with Gasteiger partial charge in [0.25, 0.3) is 0 Å². The zero-order valence-corrected chi connectivity index (χ0v) is 63.2. The van der Waals surface area contributed by atoms with Crippen molar-refractivity contribution < 1.29 is 80.2 Å². The number of esters is 4. The number of phosphoric ester groups is 2. The number of rotatable bonds is 73. The molecule has 94 heavy (non-hydrogen) atoms. The standard InChI is InChI=1S/C75H146O17P2/c1-8-9-10-11-12-13-14-18-24-30-35-44-51-58-75(80)92-71(63-86-73(78)57-50-43-38-37-41-48-55-68(6)7)65-90-94(83,84)88-61-69(76)60-87-93(81,82)89-64-70(62-85-72(77)56-49-42-34-29-26-21-23-28-33-40-47-54-67(4)5)91-74(79)59-52-45-36-31-25-20-17-15-16-19-22-27-32-39-46-53-66(2)3/h66-71,76H,8-65H2,1-7H3,(H,81,82)(H,83,84)/t69-,70-,71-/m1/s1. The van der Waals surface area contributed by atoms with Crippen molar-refractivity contribution in [2.75, 3.05) is 39.6 Å². The second kappa shape index (κ2) is 65.7. The van der Waals surface area contributed by atoms with Gasteiger partial charge in [-0.05, 0) is 43.4 Å². The molecule has 0 bridgehead atoms. The highest BCUT2D eigenvalue weighted by atomic mass is 31.2. The Hall–Kier alpha value is -1.94. The molecule has 558 valence electrons. The number of hydrogen-bond donors (Lipinski definition) is 3. The van der Waals surface area contributed by atoms with Crippen LogP contribution >= 0.6 is 15.6 Å². The number of hydrogen-bond acceptors (Lipinski definition) is 15. The maximum atomic E-state index is 13.1. The van der Waals surface area contributed by atoms with Gasteiger partial charge in [0.05, 0.1) is 26.4 Å². The summed E-state index contributed by atoms with van der Waals surface area (Å²) in [6.45, 7) is 11.8. The number of carbonyl (C=O) groups is 4. The Kier molecular flexibility index (Phi) is 64.3. The molecule has 0 spiro atoms. The number of unbranched alkanes of at least 4 members (excludes halogenated alkanes) is 41. The largest absolute Gasteiger partial charge is 0.472 e. The van der Waals surface area contributed by atoms with Crippen molar-refractivity contribution >= 4 is 39.5 Å². The molecular weight excluding hydrogens is 1230 g/mol. The molecule has 0 saturated carbocycles. The van der Waals surface area contributed by atoms with Gasteiger partial charge in [-0.25, -0.2) is 9.13 Å². The predicted octanol–water partition coefficient (Wildman–Crippen LogP) is 21.8. The minimum absolute atomic E-state index is 0.106. The van der Waals surface area contributed by atoms with Gasteiger partial charge in [-0.2, -0.15) is 0 Å². The first-order valence-corrected chi connectivity index (χ1v) is 41.8. The average molecular weight is 1380 g/mol. The first kappa shape index (κ1) is 92.1. The van der Waals surface area contributed by atoms with Gasteiger partial charge in [-0.15, -0.1) is 0 Å². The van der Waals surface area contributed by atoms with E-state index in [0.29, 0.717) is 31.6 Å². The molecule has 0 amide bonds. The van der Waals surface area contributed by atoms with Crippen molar-refractivity contribution in [1.82, 2.24) is 0 Å². The summed E-state index contributed by atoms with van der Waals surface area (Å²) in [4.78, 5) is 72.7. The monoisotopic (exact) mass is 1380 g/mol. The highest BCUT2D eigenvalue weighted by Gasteiger charge is 2.30. The third-order valence-electron chi connectivity index (χ3n) is 17.4. The molecule has 0 heterocycles. The lowest BCUT2D eigenvalue weighted by Crippen LogP contribution is -2.30. The van der Waals surface area contributed by atoms with Crippen LogP contribution in [0.1, 0.15) is 382 Å². The van der Waals surface area contributed by atoms with Crippen molar-refractivity contribution in [3.05, 3.63) is 0 Å². The van der Waals surface area contributed by atoms with Gasteiger partial charge in [-0.3, -0.25) is 37.3 Å². The summed E-state index contributed by atoms with van der Waals surface area (Å²) in [7, 11) is -9.91. The Balaban J connectivity index is 5.23. The Morgan fingerprint density at radius 2 is 0.489 bits per heavy atom. The molecule has 0 aromatic heterocycles. The second-order valence-corrected chi connectivity index (χ2v) is 31.4. The lowest BCUT2D eigenvalue weighted by molar-refractivity contribution is -0.161. The molecule has 0 rings (SSSR count). The maximum Gasteiger partial charge on any atom is 0.472 e. The van der Waals surface area contributed by atoms with E-state index in [4.69, 9.17) is 37.0 Å². The molecule has 0 aromatic rings. The first-order valence-electron chi connectivity index (χ1n) is 38.8. The van der Waals surface area contributed by atoms with Gasteiger partial charge in [-0.1, -0.05) is 331 Å². The number of phosphoric acid groups is 2. The van der Waals surface area contributed by atoms with Gasteiger partial charge in [0.1, 0.15) is 19.3 Å². The molecule has 0 aliphatic rings. The van der Waals surface area contributed by atoms with Crippen molar-refractivity contribution in [1.29, 1.82) is 0 Å². The summed E-state index contributed by atoms with van der Waals surface area (Å²) < 4.78 is 68.5. The zero-order valence-electron chi connectivity index (χ0n) is 61.4. The van der Waals surface area contributed by atoms with Crippen LogP contribution in [0, 0.1) is 17.8 Å². The molecule has 3 N–H and O–H groups in total. The summed E-state index contributed by atoms with van der Waals surface area (Å²) >= 11 is 0. The number of aliphatic hydroxyl groups is 1. The Morgan fingerprint density at radius 1 is 0.287 bits per heavy atom. The van der Waals surface area contributed by atoms with Crippen molar-refractivity contribution in [3.8, 4) is 0 Å². The van der Waals surface area contributed by atoms with E-state index >= 15 is 0 Å². The van der Waals surface area contributed by atoms with Crippen LogP contribution in [0.25, 0.3) is 0 Å². The van der Waals surface area contributed by atoms with Crippen LogP contribution in [0.15, 0.2) is 0 Å². The van der Waals surface area contributed by atoms with Crippen LogP contribution in [0.4, 0.5) is 0 Å². The molecule has 0 aromatic carbocycles. The minimum atomic E-state index is -4.96. The first-order chi connectivity index (χ1) is 45.2. The van der Waals surface area contributed by atoms with Gasteiger partial charge >= 0.3 is 39.5 Å². The van der Waals surface area contributed by atoms with Gasteiger partial charge in [0.2, 0.25) is 0 Å². The lowest BCUT2D eigenvalue weighted by Gasteiger charge is -2.21. The summed E-state index contributed by atoms with van der Waals surface area (Å²) in [5, 5.41) is 10.6. The zero-order chi connectivity index (χ0) is 69.4. The van der Waals surface area contributed by atoms with E-state index in [9.17, 15) is 43.2 Å². The molecular formula is C75H146O17P2. The lowest BCUT2D eigenvalue weighted by atomic mass is 10.0. The number of carbonyl (C=O) groups excluding carboxylic acids is 4. The van der Waals surface area contributed by atoms with Gasteiger partial charge in [0.15, 0.2) is 12.2 Å². The fourth-order valence-electron chi connectivity index (χ4n) is 11.4. The third-order valence-corrected chi connectivity index (χ3v) is 19.3. The summed E-state index contributed by atoms with van der Waals surface area (Å²) in [5.41, 5.74) is 0. The number of ether oxygens (including phenoxy) is 4. The molecule has 0 aliphatic heterocycles. The van der Waals surface area contributed by atoms with Crippen LogP contribution in [0.2, 0.25) is 0 Å². The molecule has 0 radical (unpaired) electrons. The van der Waals surface area contributed by atoms with Gasteiger partial charge in [0, 0.05) is 25.7 Å². The van der Waals surface area contributed by atoms with Crippen LogP contribution < -0.4 is 0 Å². The van der Waals surface area contributed by atoms with E-state index in [1.165, 1.54) is 186 Å². The van der Waals surface area contributed by atoms with E-state index in [2.05, 4.69) is 48.5 Å². The van der Waals surface area contributed by atoms with E-state index in [1.807, 2.05) is 0 Å². The normalized spacial score (nSPS) is 14.1. The molecule has 2 unspecified atom stereocenters. The second-order valence-electron chi connectivity index (χ2n) is 28.5. The number of aliphatic hydroxyl groups excluding tert-OH is 1. The highest BCUT2D eigenvalue weighted by molar-refractivity contribution is 7.47. The van der Waals surface area contributed by atoms with Crippen LogP contribution in [-0.4, -0.2) is 96.7 Å². The van der Waals surface area contributed by atoms with Crippen LogP contribution in [-0.2, 0) is 65.4 Å². The third kappa shape index (κ3) is 68.6. The molecule has 19 heteroatoms. The molecule has 0 fully saturated rings. The summed E-state index contributed by atoms with van der Waals surface area (Å²) in [5.74, 6) is 0.134. The average Bonchev–Trinajstić information content (AvgIpc) is 1.70. The fourth-order valence-corrected chi connectivity index (χ4v) is 13.0. The smallest absolute Gasteiger partial charge is 0.462 e. The SMILES string of the molecule is CCCCCCCCCCCCCCCC(=O)O[C@H](COC(=O)CCCCCCCCC(C)C)COP(=O)(O)OC[C@H](O)COP(=O)(O)OC[C@@H](COC(=O)CCCCCCCCCCCCCC(C)C)OC(=O)CCCCCCCCCCCCCCCCCC(C)C. The minimum Gasteiger partial charge on any atom is -0.462 e. The Morgan fingerprint density at radius 3 is 0.723 bits per heavy atom.